The van der Waals surface area contributed by atoms with Crippen LogP contribution in [0.25, 0.3) is 27.6 Å². The second-order valence-electron chi connectivity index (χ2n) is 8.88. The van der Waals surface area contributed by atoms with E-state index in [2.05, 4.69) is 10.3 Å². The van der Waals surface area contributed by atoms with Gasteiger partial charge in [0, 0.05) is 57.0 Å². The molecular weight excluding hydrogens is 537 g/mol. The summed E-state index contributed by atoms with van der Waals surface area (Å²) in [5.74, 6) is -0.639. The molecule has 0 unspecified atom stereocenters. The van der Waals surface area contributed by atoms with Gasteiger partial charge in [0.05, 0.1) is 26.9 Å². The number of rotatable bonds is 8. The van der Waals surface area contributed by atoms with Crippen LogP contribution in [0.1, 0.15) is 21.0 Å². The van der Waals surface area contributed by atoms with Crippen molar-refractivity contribution >= 4 is 63.0 Å². The highest BCUT2D eigenvalue weighted by Gasteiger charge is 2.31. The van der Waals surface area contributed by atoms with Gasteiger partial charge in [0.25, 0.3) is 5.91 Å². The van der Waals surface area contributed by atoms with Crippen LogP contribution in [0.15, 0.2) is 35.3 Å². The Morgan fingerprint density at radius 2 is 1.85 bits per heavy atom. The fourth-order valence-corrected chi connectivity index (χ4v) is 4.98. The van der Waals surface area contributed by atoms with Crippen molar-refractivity contribution in [3.8, 4) is 0 Å². The van der Waals surface area contributed by atoms with Gasteiger partial charge in [-0.15, -0.1) is 11.3 Å². The summed E-state index contributed by atoms with van der Waals surface area (Å²) in [6.07, 6.45) is -2.28. The van der Waals surface area contributed by atoms with E-state index < -0.39 is 24.3 Å². The zero-order valence-electron chi connectivity index (χ0n) is 21.2. The molecule has 4 rings (SSSR count). The minimum Gasteiger partial charge on any atom is -0.404 e. The zero-order chi connectivity index (χ0) is 28.6. The molecule has 4 N–H and O–H groups in total. The smallest absolute Gasteiger partial charge is 0.404 e. The normalized spacial score (nSPS) is 12.3. The summed E-state index contributed by atoms with van der Waals surface area (Å²) >= 11 is 1.11. The number of carbonyl (C=O) groups excluding carboxylic acids is 2. The number of imidazole rings is 2. The summed E-state index contributed by atoms with van der Waals surface area (Å²) in [7, 11) is 4.55. The van der Waals surface area contributed by atoms with Crippen LogP contribution in [0.3, 0.4) is 0 Å². The third kappa shape index (κ3) is 5.43. The molecule has 11 nitrogen and oxygen atoms in total. The third-order valence-corrected chi connectivity index (χ3v) is 7.21. The number of nitrogens with two attached hydrogens (primary N) is 1. The molecule has 0 aliphatic carbocycles. The minimum absolute atomic E-state index is 0.0245. The number of fused-ring (bicyclic) bond motifs is 2. The van der Waals surface area contributed by atoms with Gasteiger partial charge in [0.1, 0.15) is 6.54 Å². The van der Waals surface area contributed by atoms with Gasteiger partial charge in [-0.25, -0.2) is 9.78 Å². The lowest BCUT2D eigenvalue weighted by molar-refractivity contribution is -0.140. The van der Waals surface area contributed by atoms with Crippen LogP contribution in [0.2, 0.25) is 0 Å². The van der Waals surface area contributed by atoms with Crippen LogP contribution in [0.5, 0.6) is 0 Å². The zero-order valence-corrected chi connectivity index (χ0v) is 22.0. The van der Waals surface area contributed by atoms with Gasteiger partial charge in [-0.05, 0) is 24.3 Å². The number of allylic oxidation sites excluding steroid dienone is 1. The summed E-state index contributed by atoms with van der Waals surface area (Å²) in [6, 6.07) is 6.10. The molecule has 4 aromatic rings. The van der Waals surface area contributed by atoms with Crippen molar-refractivity contribution in [2.24, 2.45) is 12.8 Å². The Hall–Kier alpha value is -4.40. The largest absolute Gasteiger partial charge is 0.406 e. The van der Waals surface area contributed by atoms with E-state index in [9.17, 15) is 27.6 Å². The number of aromatic nitrogens is 4. The first-order chi connectivity index (χ1) is 18.3. The molecule has 15 heteroatoms. The van der Waals surface area contributed by atoms with E-state index in [-0.39, 0.29) is 35.9 Å². The fourth-order valence-electron chi connectivity index (χ4n) is 4.09. The van der Waals surface area contributed by atoms with Gasteiger partial charge in [0.2, 0.25) is 11.9 Å². The van der Waals surface area contributed by atoms with Crippen molar-refractivity contribution in [1.82, 2.24) is 23.6 Å². The number of benzene rings is 1. The summed E-state index contributed by atoms with van der Waals surface area (Å²) < 4.78 is 43.0. The van der Waals surface area contributed by atoms with Gasteiger partial charge >= 0.3 is 11.9 Å². The van der Waals surface area contributed by atoms with Gasteiger partial charge in [-0.1, -0.05) is 0 Å². The van der Waals surface area contributed by atoms with Crippen molar-refractivity contribution in [1.29, 1.82) is 5.41 Å². The third-order valence-electron chi connectivity index (χ3n) is 6.07. The van der Waals surface area contributed by atoms with E-state index in [1.165, 1.54) is 34.8 Å². The number of aryl methyl sites for hydroxylation is 2. The number of nitrogens with zero attached hydrogens (tertiary/aromatic N) is 5. The number of hydrogen-bond acceptors (Lipinski definition) is 7. The second-order valence-corrected chi connectivity index (χ2v) is 9.97. The number of halogens is 3. The summed E-state index contributed by atoms with van der Waals surface area (Å²) in [6.45, 7) is -1.41. The predicted molar refractivity (Wildman–Crippen MR) is 143 cm³/mol. The Balaban J connectivity index is 1.82. The molecule has 0 saturated carbocycles. The maximum atomic E-state index is 13.2. The molecule has 2 amide bonds. The van der Waals surface area contributed by atoms with Gasteiger partial charge < -0.3 is 20.6 Å². The monoisotopic (exact) mass is 562 g/mol. The van der Waals surface area contributed by atoms with E-state index in [0.717, 1.165) is 22.1 Å². The highest BCUT2D eigenvalue weighted by molar-refractivity contribution is 7.15. The van der Waals surface area contributed by atoms with E-state index in [0.29, 0.717) is 30.9 Å². The molecule has 3 heterocycles. The van der Waals surface area contributed by atoms with Crippen LogP contribution in [0.4, 0.5) is 19.1 Å². The Bertz CT molecular complexity index is 1690. The van der Waals surface area contributed by atoms with Gasteiger partial charge in [0.15, 0.2) is 0 Å². The molecule has 39 heavy (non-hydrogen) atoms. The van der Waals surface area contributed by atoms with Crippen LogP contribution in [0, 0.1) is 5.41 Å². The summed E-state index contributed by atoms with van der Waals surface area (Å²) in [4.78, 5) is 44.8. The number of hydrogen-bond donors (Lipinski definition) is 3. The molecule has 0 saturated heterocycles. The average molecular weight is 563 g/mol. The molecule has 0 radical (unpaired) electrons. The van der Waals surface area contributed by atoms with Gasteiger partial charge in [-0.3, -0.25) is 24.0 Å². The lowest BCUT2D eigenvalue weighted by atomic mass is 10.2. The number of anilines is 1. The Kier molecular flexibility index (Phi) is 7.37. The number of amides is 2. The second kappa shape index (κ2) is 10.4. The highest BCUT2D eigenvalue weighted by Crippen LogP contribution is 2.29. The Morgan fingerprint density at radius 1 is 1.15 bits per heavy atom. The van der Waals surface area contributed by atoms with Crippen molar-refractivity contribution in [3.05, 3.63) is 50.7 Å². The van der Waals surface area contributed by atoms with Crippen molar-refractivity contribution in [3.63, 3.8) is 0 Å². The van der Waals surface area contributed by atoms with Crippen molar-refractivity contribution < 1.29 is 22.8 Å². The van der Waals surface area contributed by atoms with Gasteiger partial charge in [-0.2, -0.15) is 13.2 Å². The van der Waals surface area contributed by atoms with E-state index in [1.807, 2.05) is 0 Å². The lowest BCUT2D eigenvalue weighted by Gasteiger charge is -2.13. The van der Waals surface area contributed by atoms with E-state index >= 15 is 0 Å². The maximum absolute atomic E-state index is 13.2. The molecule has 0 spiro atoms. The number of thiophene rings is 1. The molecular formula is C24H25F3N8O3S. The van der Waals surface area contributed by atoms with Crippen molar-refractivity contribution in [2.45, 2.75) is 25.7 Å². The first-order valence-corrected chi connectivity index (χ1v) is 12.4. The van der Waals surface area contributed by atoms with Crippen LogP contribution < -0.4 is 16.7 Å². The topological polar surface area (TPSA) is 144 Å². The fraction of sp³-hybridized carbons (Fsp3) is 0.292. The van der Waals surface area contributed by atoms with E-state index in [4.69, 9.17) is 11.1 Å². The SMILES string of the molecule is CN(C)C(=O)CCn1c(NC(=O)c2ccc(/C(C=N)=C/N)s2)nc2cc3c(cc21)n(CC(F)(F)F)c(=O)n3C. The molecule has 1 aromatic carbocycles. The Morgan fingerprint density at radius 3 is 2.46 bits per heavy atom. The first kappa shape index (κ1) is 27.6. The summed E-state index contributed by atoms with van der Waals surface area (Å²) in [5, 5.41) is 10.2. The quantitative estimate of drug-likeness (QED) is 0.283. The molecule has 0 atom stereocenters. The molecule has 206 valence electrons. The van der Waals surface area contributed by atoms with Crippen LogP contribution >= 0.6 is 11.3 Å². The van der Waals surface area contributed by atoms with E-state index in [1.54, 1.807) is 26.2 Å². The molecule has 0 fully saturated rings. The average Bonchev–Trinajstić information content (AvgIpc) is 3.54. The molecule has 3 aromatic heterocycles. The van der Waals surface area contributed by atoms with Crippen LogP contribution in [-0.2, 0) is 24.9 Å². The number of nitrogens with one attached hydrogen (secondary N) is 2. The number of alkyl halides is 3. The minimum atomic E-state index is -4.62. The molecule has 0 bridgehead atoms. The Labute approximate surface area is 223 Å². The molecule has 0 aliphatic rings. The molecule has 0 aliphatic heterocycles. The summed E-state index contributed by atoms with van der Waals surface area (Å²) in [5.41, 5.74) is 6.07. The first-order valence-electron chi connectivity index (χ1n) is 11.5. The predicted octanol–water partition coefficient (Wildman–Crippen LogP) is 2.99. The standard InChI is InChI=1S/C24H25F3N8O3S/c1-32(2)20(36)6-7-34-15-9-17-16(33(3)23(38)35(17)12-24(25,26)27)8-14(15)30-22(34)31-21(37)19-5-4-18(39-19)13(10-28)11-29/h4-5,8-11,28H,6-7,12,29H2,1-3H3,(H,30,31,37)/b13-11+,28-10?. The van der Waals surface area contributed by atoms with Crippen LogP contribution in [-0.4, -0.2) is 61.9 Å². The maximum Gasteiger partial charge on any atom is 0.406 e. The number of carbonyl (C=O) groups is 2. The highest BCUT2D eigenvalue weighted by atomic mass is 32.1. The lowest BCUT2D eigenvalue weighted by Crippen LogP contribution is -2.28. The van der Waals surface area contributed by atoms with Crippen molar-refractivity contribution in [2.75, 3.05) is 19.4 Å².